The van der Waals surface area contributed by atoms with Gasteiger partial charge in [0.05, 0.1) is 17.8 Å². The number of aliphatic hydroxyl groups is 1. The van der Waals surface area contributed by atoms with Crippen LogP contribution in [0.15, 0.2) is 23.7 Å². The zero-order valence-electron chi connectivity index (χ0n) is 14.0. The molecule has 2 aliphatic heterocycles. The maximum Gasteiger partial charge on any atom is 0.492 e. The van der Waals surface area contributed by atoms with Crippen LogP contribution in [0.1, 0.15) is 49.2 Å². The third kappa shape index (κ3) is 2.82. The summed E-state index contributed by atoms with van der Waals surface area (Å²) in [6, 6.07) is 5.69. The second-order valence-electron chi connectivity index (χ2n) is 7.06. The van der Waals surface area contributed by atoms with E-state index in [1.165, 1.54) is 0 Å². The van der Waals surface area contributed by atoms with Crippen molar-refractivity contribution in [2.75, 3.05) is 6.61 Å². The Morgan fingerprint density at radius 1 is 1.30 bits per heavy atom. The molecular weight excluding hydrogens is 293 g/mol. The summed E-state index contributed by atoms with van der Waals surface area (Å²) in [6.07, 6.45) is 1.83. The van der Waals surface area contributed by atoms with Crippen molar-refractivity contribution in [3.8, 4) is 0 Å². The molecule has 0 saturated carbocycles. The predicted molar refractivity (Wildman–Crippen MR) is 88.8 cm³/mol. The molecule has 1 saturated heterocycles. The molecule has 0 spiro atoms. The van der Waals surface area contributed by atoms with Crippen LogP contribution in [0.5, 0.6) is 0 Å². The maximum absolute atomic E-state index is 11.8. The van der Waals surface area contributed by atoms with Crippen molar-refractivity contribution in [1.82, 2.24) is 5.32 Å². The highest BCUT2D eigenvalue weighted by Gasteiger charge is 2.52. The van der Waals surface area contributed by atoms with Crippen LogP contribution in [0.2, 0.25) is 0 Å². The fourth-order valence-corrected chi connectivity index (χ4v) is 2.72. The Hall–Kier alpha value is -1.63. The Morgan fingerprint density at radius 3 is 2.57 bits per heavy atom. The molecule has 1 amide bonds. The second kappa shape index (κ2) is 5.48. The van der Waals surface area contributed by atoms with Crippen LogP contribution in [0.25, 0.3) is 6.08 Å². The molecule has 1 aromatic rings. The Kier molecular flexibility index (Phi) is 3.87. The van der Waals surface area contributed by atoms with E-state index >= 15 is 0 Å². The first-order chi connectivity index (χ1) is 10.7. The van der Waals surface area contributed by atoms with Gasteiger partial charge >= 0.3 is 7.12 Å². The van der Waals surface area contributed by atoms with Crippen LogP contribution in [-0.2, 0) is 15.9 Å². The van der Waals surface area contributed by atoms with E-state index in [4.69, 9.17) is 9.31 Å². The lowest BCUT2D eigenvalue weighted by Gasteiger charge is -2.32. The minimum atomic E-state index is -0.591. The summed E-state index contributed by atoms with van der Waals surface area (Å²) in [5.74, 6) is -0.0589. The number of amides is 1. The highest BCUT2D eigenvalue weighted by atomic mass is 16.7. The fraction of sp³-hybridized carbons (Fsp3) is 0.471. The van der Waals surface area contributed by atoms with Gasteiger partial charge in [-0.3, -0.25) is 4.79 Å². The van der Waals surface area contributed by atoms with E-state index < -0.39 is 18.3 Å². The summed E-state index contributed by atoms with van der Waals surface area (Å²) in [6.45, 7) is 8.30. The SMILES string of the molecule is CC1(C)OB(C(=Cc2ccc3c(c2)C(=O)NC3)CO)OC1(C)C. The molecule has 5 nitrogen and oxygen atoms in total. The summed E-state index contributed by atoms with van der Waals surface area (Å²) in [5.41, 5.74) is 2.26. The number of carbonyl (C=O) groups is 1. The predicted octanol–water partition coefficient (Wildman–Crippen LogP) is 1.94. The van der Waals surface area contributed by atoms with Gasteiger partial charge < -0.3 is 19.7 Å². The van der Waals surface area contributed by atoms with Crippen molar-refractivity contribution in [3.05, 3.63) is 40.4 Å². The summed E-state index contributed by atoms with van der Waals surface area (Å²) >= 11 is 0. The van der Waals surface area contributed by atoms with Crippen LogP contribution in [0, 0.1) is 0 Å². The molecule has 0 bridgehead atoms. The fourth-order valence-electron chi connectivity index (χ4n) is 2.72. The lowest BCUT2D eigenvalue weighted by atomic mass is 9.77. The Bertz CT molecular complexity index is 665. The minimum absolute atomic E-state index is 0.0589. The molecule has 0 radical (unpaired) electrons. The van der Waals surface area contributed by atoms with Crippen LogP contribution in [0.3, 0.4) is 0 Å². The van der Waals surface area contributed by atoms with Crippen molar-refractivity contribution in [2.24, 2.45) is 0 Å². The molecule has 122 valence electrons. The van der Waals surface area contributed by atoms with E-state index in [0.717, 1.165) is 11.1 Å². The second-order valence-corrected chi connectivity index (χ2v) is 7.06. The first kappa shape index (κ1) is 16.2. The minimum Gasteiger partial charge on any atom is -0.400 e. The number of hydrogen-bond donors (Lipinski definition) is 2. The molecule has 0 aromatic heterocycles. The molecule has 0 atom stereocenters. The van der Waals surface area contributed by atoms with Gasteiger partial charge in [-0.1, -0.05) is 18.2 Å². The van der Waals surface area contributed by atoms with Crippen LogP contribution >= 0.6 is 0 Å². The smallest absolute Gasteiger partial charge is 0.400 e. The molecule has 2 N–H and O–H groups in total. The maximum atomic E-state index is 11.8. The molecule has 1 aromatic carbocycles. The molecule has 2 aliphatic rings. The van der Waals surface area contributed by atoms with E-state index in [1.807, 2.05) is 52.0 Å². The summed E-state index contributed by atoms with van der Waals surface area (Å²) in [7, 11) is -0.591. The van der Waals surface area contributed by atoms with E-state index in [2.05, 4.69) is 5.32 Å². The molecule has 0 unspecified atom stereocenters. The van der Waals surface area contributed by atoms with Crippen LogP contribution in [-0.4, -0.2) is 35.9 Å². The summed E-state index contributed by atoms with van der Waals surface area (Å²) < 4.78 is 11.9. The van der Waals surface area contributed by atoms with E-state index in [9.17, 15) is 9.90 Å². The number of rotatable bonds is 3. The van der Waals surface area contributed by atoms with Crippen LogP contribution < -0.4 is 5.32 Å². The van der Waals surface area contributed by atoms with Gasteiger partial charge in [0.25, 0.3) is 5.91 Å². The largest absolute Gasteiger partial charge is 0.492 e. The van der Waals surface area contributed by atoms with Gasteiger partial charge in [0.2, 0.25) is 0 Å². The van der Waals surface area contributed by atoms with E-state index in [1.54, 1.807) is 0 Å². The van der Waals surface area contributed by atoms with Crippen molar-refractivity contribution >= 4 is 19.1 Å². The average Bonchev–Trinajstić information content (AvgIpc) is 2.94. The van der Waals surface area contributed by atoms with Gasteiger partial charge in [-0.15, -0.1) is 0 Å². The van der Waals surface area contributed by atoms with E-state index in [0.29, 0.717) is 17.6 Å². The molecule has 23 heavy (non-hydrogen) atoms. The first-order valence-electron chi connectivity index (χ1n) is 7.81. The zero-order valence-corrected chi connectivity index (χ0v) is 14.0. The number of nitrogens with one attached hydrogen (secondary N) is 1. The lowest BCUT2D eigenvalue weighted by Crippen LogP contribution is -2.41. The third-order valence-corrected chi connectivity index (χ3v) is 4.91. The first-order valence-corrected chi connectivity index (χ1v) is 7.81. The van der Waals surface area contributed by atoms with Gasteiger partial charge in [-0.05, 0) is 50.4 Å². The van der Waals surface area contributed by atoms with Gasteiger partial charge in [-0.25, -0.2) is 0 Å². The third-order valence-electron chi connectivity index (χ3n) is 4.91. The number of carbonyl (C=O) groups excluding carboxylic acids is 1. The molecule has 0 aliphatic carbocycles. The number of fused-ring (bicyclic) bond motifs is 1. The molecule has 1 fully saturated rings. The number of benzene rings is 1. The zero-order chi connectivity index (χ0) is 16.8. The van der Waals surface area contributed by atoms with Gasteiger partial charge in [0, 0.05) is 12.1 Å². The molecule has 3 rings (SSSR count). The standard InChI is InChI=1S/C17H22BNO4/c1-16(2)17(3,4)23-18(22-16)13(10-20)7-11-5-6-12-9-19-15(21)14(12)8-11/h5-8,20H,9-10H2,1-4H3,(H,19,21). The molecular formula is C17H22BNO4. The van der Waals surface area contributed by atoms with Gasteiger partial charge in [0.1, 0.15) is 0 Å². The van der Waals surface area contributed by atoms with Crippen molar-refractivity contribution in [2.45, 2.75) is 45.4 Å². The Labute approximate surface area is 136 Å². The molecule has 6 heteroatoms. The highest BCUT2D eigenvalue weighted by molar-refractivity contribution is 6.55. The summed E-state index contributed by atoms with van der Waals surface area (Å²) in [5, 5.41) is 12.5. The quantitative estimate of drug-likeness (QED) is 0.837. The van der Waals surface area contributed by atoms with Crippen LogP contribution in [0.4, 0.5) is 0 Å². The van der Waals surface area contributed by atoms with Crippen molar-refractivity contribution in [3.63, 3.8) is 0 Å². The van der Waals surface area contributed by atoms with E-state index in [-0.39, 0.29) is 12.5 Å². The highest BCUT2D eigenvalue weighted by Crippen LogP contribution is 2.38. The lowest BCUT2D eigenvalue weighted by molar-refractivity contribution is 0.00578. The number of aliphatic hydroxyl groups excluding tert-OH is 1. The topological polar surface area (TPSA) is 67.8 Å². The molecule has 2 heterocycles. The van der Waals surface area contributed by atoms with Crippen molar-refractivity contribution < 1.29 is 19.2 Å². The Morgan fingerprint density at radius 2 is 1.96 bits per heavy atom. The summed E-state index contributed by atoms with van der Waals surface area (Å²) in [4.78, 5) is 11.8. The monoisotopic (exact) mass is 315 g/mol. The van der Waals surface area contributed by atoms with Gasteiger partial charge in [0.15, 0.2) is 0 Å². The average molecular weight is 315 g/mol. The van der Waals surface area contributed by atoms with Gasteiger partial charge in [-0.2, -0.15) is 0 Å². The Balaban J connectivity index is 1.89. The van der Waals surface area contributed by atoms with Crippen molar-refractivity contribution in [1.29, 1.82) is 0 Å². The number of hydrogen-bond acceptors (Lipinski definition) is 4. The normalized spacial score (nSPS) is 22.2.